The average Bonchev–Trinajstić information content (AvgIpc) is 2.56. The lowest BCUT2D eigenvalue weighted by Crippen LogP contribution is -1.87. The van der Waals surface area contributed by atoms with Crippen molar-refractivity contribution in [2.45, 2.75) is 0 Å². The number of hydrogen-bond acceptors (Lipinski definition) is 4. The summed E-state index contributed by atoms with van der Waals surface area (Å²) in [5.41, 5.74) is 1.75. The number of non-ortho nitro benzene ring substituents is 1. The summed E-state index contributed by atoms with van der Waals surface area (Å²) in [6, 6.07) is 12.9. The van der Waals surface area contributed by atoms with Gasteiger partial charge in [-0.05, 0) is 35.9 Å². The van der Waals surface area contributed by atoms with E-state index in [4.69, 9.17) is 11.6 Å². The molecule has 23 heavy (non-hydrogen) atoms. The predicted octanol–water partition coefficient (Wildman–Crippen LogP) is 4.67. The monoisotopic (exact) mass is 326 g/mol. The van der Waals surface area contributed by atoms with E-state index in [0.717, 1.165) is 0 Å². The Bertz CT molecular complexity index is 938. The molecule has 3 aromatic rings. The predicted molar refractivity (Wildman–Crippen MR) is 90.4 cm³/mol. The molecule has 0 amide bonds. The normalized spacial score (nSPS) is 11.2. The second-order valence-corrected chi connectivity index (χ2v) is 5.29. The topological polar surface area (TPSA) is 76.3 Å². The van der Waals surface area contributed by atoms with Gasteiger partial charge in [-0.3, -0.25) is 10.1 Å². The second kappa shape index (κ2) is 6.06. The lowest BCUT2D eigenvalue weighted by atomic mass is 10.1. The zero-order valence-electron chi connectivity index (χ0n) is 11.8. The highest BCUT2D eigenvalue weighted by molar-refractivity contribution is 6.35. The molecule has 0 bridgehead atoms. The summed E-state index contributed by atoms with van der Waals surface area (Å²) < 4.78 is 0. The molecule has 0 unspecified atom stereocenters. The number of phenols is 1. The van der Waals surface area contributed by atoms with Crippen LogP contribution in [0.1, 0.15) is 11.3 Å². The first-order valence-electron chi connectivity index (χ1n) is 6.75. The number of phenolic OH excluding ortho intramolecular Hbond substituents is 1. The zero-order chi connectivity index (χ0) is 16.4. The van der Waals surface area contributed by atoms with Crippen LogP contribution in [-0.2, 0) is 0 Å². The summed E-state index contributed by atoms with van der Waals surface area (Å²) >= 11 is 6.07. The number of benzene rings is 2. The van der Waals surface area contributed by atoms with E-state index in [0.29, 0.717) is 27.2 Å². The molecule has 6 heteroatoms. The molecular formula is C17H11ClN2O3. The number of pyridine rings is 1. The van der Waals surface area contributed by atoms with Crippen molar-refractivity contribution < 1.29 is 10.0 Å². The highest BCUT2D eigenvalue weighted by Crippen LogP contribution is 2.29. The van der Waals surface area contributed by atoms with Gasteiger partial charge in [-0.2, -0.15) is 0 Å². The fourth-order valence-corrected chi connectivity index (χ4v) is 2.41. The Balaban J connectivity index is 1.97. The van der Waals surface area contributed by atoms with E-state index in [1.165, 1.54) is 18.2 Å². The Morgan fingerprint density at radius 3 is 2.74 bits per heavy atom. The molecule has 0 fully saturated rings. The molecule has 1 heterocycles. The van der Waals surface area contributed by atoms with Crippen LogP contribution in [0, 0.1) is 10.1 Å². The number of rotatable bonds is 3. The summed E-state index contributed by atoms with van der Waals surface area (Å²) in [4.78, 5) is 14.7. The quantitative estimate of drug-likeness (QED) is 0.560. The van der Waals surface area contributed by atoms with Crippen molar-refractivity contribution in [1.82, 2.24) is 4.98 Å². The van der Waals surface area contributed by atoms with Crippen molar-refractivity contribution in [2.24, 2.45) is 0 Å². The first kappa shape index (κ1) is 15.0. The van der Waals surface area contributed by atoms with Crippen LogP contribution in [0.25, 0.3) is 23.1 Å². The Morgan fingerprint density at radius 1 is 1.13 bits per heavy atom. The van der Waals surface area contributed by atoms with Gasteiger partial charge in [0.1, 0.15) is 11.3 Å². The minimum atomic E-state index is -0.439. The van der Waals surface area contributed by atoms with Crippen molar-refractivity contribution in [1.29, 1.82) is 0 Å². The van der Waals surface area contributed by atoms with Gasteiger partial charge in [0.25, 0.3) is 5.69 Å². The third-order valence-electron chi connectivity index (χ3n) is 3.33. The van der Waals surface area contributed by atoms with Crippen molar-refractivity contribution >= 4 is 40.3 Å². The molecule has 3 rings (SSSR count). The Labute approximate surface area is 136 Å². The molecule has 0 aliphatic heterocycles. The van der Waals surface area contributed by atoms with Gasteiger partial charge in [-0.15, -0.1) is 0 Å². The lowest BCUT2D eigenvalue weighted by molar-refractivity contribution is -0.384. The molecule has 0 atom stereocenters. The summed E-state index contributed by atoms with van der Waals surface area (Å²) in [5.74, 6) is 0.0509. The van der Waals surface area contributed by atoms with E-state index in [1.807, 2.05) is 0 Å². The molecule has 2 aromatic carbocycles. The zero-order valence-corrected chi connectivity index (χ0v) is 12.6. The van der Waals surface area contributed by atoms with Crippen LogP contribution >= 0.6 is 11.6 Å². The Kier molecular flexibility index (Phi) is 3.95. The van der Waals surface area contributed by atoms with Crippen molar-refractivity contribution in [3.63, 3.8) is 0 Å². The van der Waals surface area contributed by atoms with Gasteiger partial charge < -0.3 is 5.11 Å². The molecule has 0 spiro atoms. The number of hydrogen-bond donors (Lipinski definition) is 1. The van der Waals surface area contributed by atoms with Gasteiger partial charge in [0.05, 0.1) is 15.6 Å². The van der Waals surface area contributed by atoms with Crippen LogP contribution in [0.15, 0.2) is 48.5 Å². The number of nitro groups is 1. The Morgan fingerprint density at radius 2 is 1.96 bits per heavy atom. The average molecular weight is 327 g/mol. The highest BCUT2D eigenvalue weighted by Gasteiger charge is 2.06. The lowest BCUT2D eigenvalue weighted by Gasteiger charge is -2.03. The number of nitrogens with zero attached hydrogens (tertiary/aromatic N) is 2. The van der Waals surface area contributed by atoms with E-state index in [2.05, 4.69) is 4.98 Å². The number of fused-ring (bicyclic) bond motifs is 1. The minimum Gasteiger partial charge on any atom is -0.506 e. The summed E-state index contributed by atoms with van der Waals surface area (Å²) in [7, 11) is 0. The van der Waals surface area contributed by atoms with Gasteiger partial charge in [-0.25, -0.2) is 4.98 Å². The maximum absolute atomic E-state index is 10.8. The first-order chi connectivity index (χ1) is 11.0. The van der Waals surface area contributed by atoms with E-state index >= 15 is 0 Å². The molecule has 0 aliphatic rings. The SMILES string of the molecule is O=[N+]([O-])c1cccc(C=Cc2ccc3c(Cl)ccc(O)c3n2)c1. The van der Waals surface area contributed by atoms with Crippen LogP contribution in [-0.4, -0.2) is 15.0 Å². The fraction of sp³-hybridized carbons (Fsp3) is 0. The van der Waals surface area contributed by atoms with Gasteiger partial charge in [-0.1, -0.05) is 29.8 Å². The first-order valence-corrected chi connectivity index (χ1v) is 7.13. The third kappa shape index (κ3) is 3.14. The summed E-state index contributed by atoms with van der Waals surface area (Å²) in [5, 5.41) is 21.8. The standard InChI is InChI=1S/C17H11ClN2O3/c18-15-8-9-16(21)17-14(15)7-6-12(19-17)5-4-11-2-1-3-13(10-11)20(22)23/h1-10,21H. The largest absolute Gasteiger partial charge is 0.506 e. The van der Waals surface area contributed by atoms with Crippen LogP contribution in [0.2, 0.25) is 5.02 Å². The van der Waals surface area contributed by atoms with Crippen LogP contribution in [0.3, 0.4) is 0 Å². The van der Waals surface area contributed by atoms with Crippen molar-refractivity contribution in [3.05, 3.63) is 74.9 Å². The molecular weight excluding hydrogens is 316 g/mol. The number of aromatic hydroxyl groups is 1. The molecule has 0 saturated carbocycles. The van der Waals surface area contributed by atoms with E-state index in [-0.39, 0.29) is 11.4 Å². The van der Waals surface area contributed by atoms with Crippen LogP contribution in [0.4, 0.5) is 5.69 Å². The minimum absolute atomic E-state index is 0.0306. The highest BCUT2D eigenvalue weighted by atomic mass is 35.5. The van der Waals surface area contributed by atoms with Gasteiger partial charge >= 0.3 is 0 Å². The maximum Gasteiger partial charge on any atom is 0.270 e. The van der Waals surface area contributed by atoms with E-state index < -0.39 is 4.92 Å². The van der Waals surface area contributed by atoms with Crippen molar-refractivity contribution in [3.8, 4) is 5.75 Å². The molecule has 0 saturated heterocycles. The fourth-order valence-electron chi connectivity index (χ4n) is 2.20. The number of nitro benzene ring substituents is 1. The van der Waals surface area contributed by atoms with Gasteiger partial charge in [0.15, 0.2) is 0 Å². The molecule has 114 valence electrons. The van der Waals surface area contributed by atoms with E-state index in [1.54, 1.807) is 42.5 Å². The molecule has 1 aromatic heterocycles. The molecule has 1 N–H and O–H groups in total. The molecule has 5 nitrogen and oxygen atoms in total. The molecule has 0 aliphatic carbocycles. The van der Waals surface area contributed by atoms with E-state index in [9.17, 15) is 15.2 Å². The molecule has 0 radical (unpaired) electrons. The summed E-state index contributed by atoms with van der Waals surface area (Å²) in [6.45, 7) is 0. The maximum atomic E-state index is 10.8. The van der Waals surface area contributed by atoms with Gasteiger partial charge in [0, 0.05) is 17.5 Å². The van der Waals surface area contributed by atoms with Crippen molar-refractivity contribution in [2.75, 3.05) is 0 Å². The second-order valence-electron chi connectivity index (χ2n) is 4.88. The summed E-state index contributed by atoms with van der Waals surface area (Å²) in [6.07, 6.45) is 3.45. The number of halogens is 1. The number of aromatic nitrogens is 1. The van der Waals surface area contributed by atoms with Crippen LogP contribution < -0.4 is 0 Å². The third-order valence-corrected chi connectivity index (χ3v) is 3.66. The Hall–Kier alpha value is -2.92. The smallest absolute Gasteiger partial charge is 0.270 e. The van der Waals surface area contributed by atoms with Crippen LogP contribution in [0.5, 0.6) is 5.75 Å². The van der Waals surface area contributed by atoms with Gasteiger partial charge in [0.2, 0.25) is 0 Å².